The standard InChI is InChI=1S/C24H22N4O4S/c1-4-9-32-19-8-5-14(10-20(19)31-3)16-12-22(29)27-23-17(16)13-25-28(23)24-26-18-7-6-15(30-2)11-21(18)33-24/h4-8,10-11,13,16H,1,9,12H2,2-3H3,(H,27,29)/t16-/m1/s1. The topological polar surface area (TPSA) is 87.5 Å². The number of anilines is 1. The Balaban J connectivity index is 1.54. The molecule has 0 bridgehead atoms. The summed E-state index contributed by atoms with van der Waals surface area (Å²) < 4.78 is 19.2. The van der Waals surface area contributed by atoms with E-state index in [1.165, 1.54) is 11.3 Å². The van der Waals surface area contributed by atoms with Gasteiger partial charge in [-0.15, -0.1) is 0 Å². The van der Waals surface area contributed by atoms with Gasteiger partial charge in [0.05, 0.1) is 30.6 Å². The Labute approximate surface area is 194 Å². The first kappa shape index (κ1) is 21.0. The number of thiazole rings is 1. The van der Waals surface area contributed by atoms with Crippen LogP contribution in [0.25, 0.3) is 15.3 Å². The Morgan fingerprint density at radius 3 is 2.88 bits per heavy atom. The largest absolute Gasteiger partial charge is 0.497 e. The molecule has 0 fully saturated rings. The smallest absolute Gasteiger partial charge is 0.226 e. The number of fused-ring (bicyclic) bond motifs is 2. The van der Waals surface area contributed by atoms with Crippen LogP contribution >= 0.6 is 11.3 Å². The number of ether oxygens (including phenoxy) is 3. The van der Waals surface area contributed by atoms with Gasteiger partial charge in [-0.25, -0.2) is 4.98 Å². The van der Waals surface area contributed by atoms with Crippen LogP contribution in [0.5, 0.6) is 17.2 Å². The van der Waals surface area contributed by atoms with Crippen LogP contribution in [0.3, 0.4) is 0 Å². The fraction of sp³-hybridized carbons (Fsp3) is 0.208. The third kappa shape index (κ3) is 3.80. The molecule has 0 unspecified atom stereocenters. The number of hydrogen-bond donors (Lipinski definition) is 1. The molecular weight excluding hydrogens is 440 g/mol. The van der Waals surface area contributed by atoms with Crippen molar-refractivity contribution < 1.29 is 19.0 Å². The molecular formula is C24H22N4O4S. The van der Waals surface area contributed by atoms with Crippen molar-refractivity contribution >= 4 is 33.3 Å². The van der Waals surface area contributed by atoms with Gasteiger partial charge in [-0.3, -0.25) is 4.79 Å². The molecule has 4 aromatic rings. The average Bonchev–Trinajstić information content (AvgIpc) is 3.45. The Morgan fingerprint density at radius 1 is 1.21 bits per heavy atom. The Kier molecular flexibility index (Phi) is 5.47. The molecule has 2 aromatic heterocycles. The van der Waals surface area contributed by atoms with Crippen LogP contribution in [0.2, 0.25) is 0 Å². The molecule has 1 N–H and O–H groups in total. The van der Waals surface area contributed by atoms with Crippen LogP contribution in [-0.4, -0.2) is 41.5 Å². The van der Waals surface area contributed by atoms with Crippen LogP contribution in [0.4, 0.5) is 5.82 Å². The lowest BCUT2D eigenvalue weighted by Crippen LogP contribution is -2.24. The minimum Gasteiger partial charge on any atom is -0.497 e. The highest BCUT2D eigenvalue weighted by Gasteiger charge is 2.31. The van der Waals surface area contributed by atoms with E-state index in [9.17, 15) is 4.79 Å². The lowest BCUT2D eigenvalue weighted by molar-refractivity contribution is -0.116. The summed E-state index contributed by atoms with van der Waals surface area (Å²) in [6.45, 7) is 4.06. The minimum absolute atomic E-state index is 0.0806. The molecule has 3 heterocycles. The normalized spacial score (nSPS) is 15.1. The second-order valence-corrected chi connectivity index (χ2v) is 8.51. The molecule has 1 aliphatic heterocycles. The number of benzene rings is 2. The summed E-state index contributed by atoms with van der Waals surface area (Å²) in [6, 6.07) is 11.4. The van der Waals surface area contributed by atoms with Crippen LogP contribution in [0, 0.1) is 0 Å². The number of rotatable bonds is 7. The van der Waals surface area contributed by atoms with Gasteiger partial charge >= 0.3 is 0 Å². The summed E-state index contributed by atoms with van der Waals surface area (Å²) in [5.74, 6) is 2.38. The summed E-state index contributed by atoms with van der Waals surface area (Å²) in [7, 11) is 3.23. The molecule has 0 radical (unpaired) electrons. The second kappa shape index (κ2) is 8.59. The van der Waals surface area contributed by atoms with Gasteiger partial charge in [0.25, 0.3) is 0 Å². The van der Waals surface area contributed by atoms with Crippen molar-refractivity contribution in [2.45, 2.75) is 12.3 Å². The van der Waals surface area contributed by atoms with E-state index in [4.69, 9.17) is 19.2 Å². The minimum atomic E-state index is -0.167. The molecule has 0 saturated heterocycles. The number of aromatic nitrogens is 3. The van der Waals surface area contributed by atoms with Gasteiger partial charge in [0.2, 0.25) is 11.0 Å². The third-order valence-electron chi connectivity index (χ3n) is 5.53. The predicted octanol–water partition coefficient (Wildman–Crippen LogP) is 4.54. The number of carbonyl (C=O) groups is 1. The fourth-order valence-electron chi connectivity index (χ4n) is 3.94. The highest BCUT2D eigenvalue weighted by atomic mass is 32.1. The molecule has 5 rings (SSSR count). The van der Waals surface area contributed by atoms with Gasteiger partial charge in [-0.2, -0.15) is 9.78 Å². The first-order chi connectivity index (χ1) is 16.1. The SMILES string of the molecule is C=CCOc1ccc([C@H]2CC(=O)Nc3c2cnn3-c2nc3ccc(OC)cc3s2)cc1OC. The van der Waals surface area contributed by atoms with Crippen LogP contribution in [0.15, 0.2) is 55.3 Å². The molecule has 0 spiro atoms. The number of amides is 1. The molecule has 2 aromatic carbocycles. The molecule has 8 nitrogen and oxygen atoms in total. The van der Waals surface area contributed by atoms with E-state index in [-0.39, 0.29) is 11.8 Å². The maximum atomic E-state index is 12.7. The van der Waals surface area contributed by atoms with Gasteiger partial charge in [-0.1, -0.05) is 30.1 Å². The van der Waals surface area contributed by atoms with E-state index in [1.807, 2.05) is 36.4 Å². The van der Waals surface area contributed by atoms with Crippen molar-refractivity contribution in [1.82, 2.24) is 14.8 Å². The van der Waals surface area contributed by atoms with Crippen molar-refractivity contribution in [1.29, 1.82) is 0 Å². The maximum absolute atomic E-state index is 12.7. The lowest BCUT2D eigenvalue weighted by atomic mass is 9.87. The summed E-state index contributed by atoms with van der Waals surface area (Å²) in [6.07, 6.45) is 3.78. The van der Waals surface area contributed by atoms with Gasteiger partial charge in [0.1, 0.15) is 18.2 Å². The second-order valence-electron chi connectivity index (χ2n) is 7.51. The quantitative estimate of drug-likeness (QED) is 0.406. The molecule has 168 valence electrons. The summed E-state index contributed by atoms with van der Waals surface area (Å²) in [5, 5.41) is 8.22. The van der Waals surface area contributed by atoms with E-state index in [0.29, 0.717) is 35.5 Å². The zero-order valence-corrected chi connectivity index (χ0v) is 19.0. The van der Waals surface area contributed by atoms with E-state index in [0.717, 1.165) is 27.1 Å². The van der Waals surface area contributed by atoms with Gasteiger partial charge in [0, 0.05) is 17.9 Å². The first-order valence-electron chi connectivity index (χ1n) is 10.4. The zero-order chi connectivity index (χ0) is 22.9. The van der Waals surface area contributed by atoms with E-state index in [1.54, 1.807) is 31.2 Å². The number of nitrogens with zero attached hydrogens (tertiary/aromatic N) is 3. The Bertz CT molecular complexity index is 1360. The van der Waals surface area contributed by atoms with E-state index < -0.39 is 0 Å². The van der Waals surface area contributed by atoms with Gasteiger partial charge in [-0.05, 0) is 35.9 Å². The number of hydrogen-bond acceptors (Lipinski definition) is 7. The Morgan fingerprint density at radius 2 is 2.09 bits per heavy atom. The molecule has 1 aliphatic rings. The van der Waals surface area contributed by atoms with Crippen LogP contribution in [0.1, 0.15) is 23.5 Å². The van der Waals surface area contributed by atoms with Crippen molar-refractivity contribution in [2.24, 2.45) is 0 Å². The number of methoxy groups -OCH3 is 2. The molecule has 1 atom stereocenters. The Hall–Kier alpha value is -3.85. The number of carbonyl (C=O) groups excluding carboxylic acids is 1. The highest BCUT2D eigenvalue weighted by Crippen LogP contribution is 2.41. The van der Waals surface area contributed by atoms with E-state index in [2.05, 4.69) is 17.0 Å². The third-order valence-corrected chi connectivity index (χ3v) is 6.53. The summed E-state index contributed by atoms with van der Waals surface area (Å²) >= 11 is 1.48. The summed E-state index contributed by atoms with van der Waals surface area (Å²) in [5.41, 5.74) is 2.72. The lowest BCUT2D eigenvalue weighted by Gasteiger charge is -2.24. The molecule has 9 heteroatoms. The van der Waals surface area contributed by atoms with Crippen LogP contribution in [-0.2, 0) is 4.79 Å². The van der Waals surface area contributed by atoms with Crippen LogP contribution < -0.4 is 19.5 Å². The van der Waals surface area contributed by atoms with Gasteiger partial charge < -0.3 is 19.5 Å². The number of nitrogens with one attached hydrogen (secondary N) is 1. The van der Waals surface area contributed by atoms with Crippen molar-refractivity contribution in [3.05, 3.63) is 66.4 Å². The molecule has 33 heavy (non-hydrogen) atoms. The average molecular weight is 463 g/mol. The molecule has 1 amide bonds. The van der Waals surface area contributed by atoms with Crippen molar-refractivity contribution in [2.75, 3.05) is 26.1 Å². The summed E-state index contributed by atoms with van der Waals surface area (Å²) in [4.78, 5) is 17.4. The van der Waals surface area contributed by atoms with Crippen molar-refractivity contribution in [3.8, 4) is 22.4 Å². The van der Waals surface area contributed by atoms with Gasteiger partial charge in [0.15, 0.2) is 11.5 Å². The maximum Gasteiger partial charge on any atom is 0.226 e. The first-order valence-corrected chi connectivity index (χ1v) is 11.2. The van der Waals surface area contributed by atoms with Crippen molar-refractivity contribution in [3.63, 3.8) is 0 Å². The monoisotopic (exact) mass is 462 g/mol. The molecule has 0 aliphatic carbocycles. The fourth-order valence-corrected chi connectivity index (χ4v) is 4.90. The predicted molar refractivity (Wildman–Crippen MR) is 127 cm³/mol. The molecule has 0 saturated carbocycles. The van der Waals surface area contributed by atoms with E-state index >= 15 is 0 Å². The zero-order valence-electron chi connectivity index (χ0n) is 18.2. The highest BCUT2D eigenvalue weighted by molar-refractivity contribution is 7.20.